The molecule has 0 bridgehead atoms. The number of amides is 1. The van der Waals surface area contributed by atoms with Crippen LogP contribution in [-0.4, -0.2) is 21.9 Å². The van der Waals surface area contributed by atoms with Gasteiger partial charge in [0.2, 0.25) is 0 Å². The molecule has 1 aromatic heterocycles. The molecule has 2 aromatic carbocycles. The van der Waals surface area contributed by atoms with Crippen molar-refractivity contribution in [1.82, 2.24) is 9.47 Å². The summed E-state index contributed by atoms with van der Waals surface area (Å²) in [6, 6.07) is 18.7. The summed E-state index contributed by atoms with van der Waals surface area (Å²) >= 11 is 0. The minimum absolute atomic E-state index is 0.181. The fraction of sp³-hybridized carbons (Fsp3) is 0.259. The Morgan fingerprint density at radius 2 is 1.77 bits per heavy atom. The smallest absolute Gasteiger partial charge is 0.264 e. The van der Waals surface area contributed by atoms with E-state index in [1.807, 2.05) is 25.1 Å². The van der Waals surface area contributed by atoms with Gasteiger partial charge in [-0.1, -0.05) is 36.4 Å². The minimum Gasteiger partial charge on any atom is -0.333 e. The zero-order valence-corrected chi connectivity index (χ0v) is 18.6. The lowest BCUT2D eigenvalue weighted by molar-refractivity contribution is -0.127. The van der Waals surface area contributed by atoms with Crippen molar-refractivity contribution in [2.75, 3.05) is 6.54 Å². The van der Waals surface area contributed by atoms with Gasteiger partial charge in [-0.25, -0.2) is 0 Å². The molecule has 31 heavy (non-hydrogen) atoms. The molecule has 4 nitrogen and oxygen atoms in total. The second-order valence-electron chi connectivity index (χ2n) is 8.30. The van der Waals surface area contributed by atoms with Crippen molar-refractivity contribution in [2.24, 2.45) is 0 Å². The van der Waals surface area contributed by atoms with Crippen LogP contribution in [0.25, 0.3) is 11.8 Å². The maximum atomic E-state index is 13.1. The van der Waals surface area contributed by atoms with Gasteiger partial charge in [0.25, 0.3) is 5.91 Å². The number of fused-ring (bicyclic) bond motifs is 1. The third-order valence-corrected chi connectivity index (χ3v) is 6.36. The van der Waals surface area contributed by atoms with Crippen LogP contribution in [0.3, 0.4) is 0 Å². The number of aryl methyl sites for hydroxylation is 2. The molecule has 0 spiro atoms. The molecule has 0 atom stereocenters. The zero-order chi connectivity index (χ0) is 22.1. The van der Waals surface area contributed by atoms with Crippen LogP contribution in [0.5, 0.6) is 0 Å². The topological polar surface area (TPSA) is 49.0 Å². The molecule has 4 rings (SSSR count). The van der Waals surface area contributed by atoms with Crippen molar-refractivity contribution in [3.05, 3.63) is 93.3 Å². The maximum absolute atomic E-state index is 13.1. The quantitative estimate of drug-likeness (QED) is 0.441. The van der Waals surface area contributed by atoms with Gasteiger partial charge < -0.3 is 9.47 Å². The largest absolute Gasteiger partial charge is 0.333 e. The number of carbonyl (C=O) groups excluding carboxylic acids is 1. The number of rotatable bonds is 3. The first kappa shape index (κ1) is 20.7. The van der Waals surface area contributed by atoms with Crippen molar-refractivity contribution in [3.8, 4) is 11.8 Å². The molecule has 1 aliphatic rings. The predicted molar refractivity (Wildman–Crippen MR) is 124 cm³/mol. The number of hydrogen-bond acceptors (Lipinski definition) is 2. The number of nitrogens with zero attached hydrogens (tertiary/aromatic N) is 3. The molecule has 0 aliphatic carbocycles. The summed E-state index contributed by atoms with van der Waals surface area (Å²) in [4.78, 5) is 14.9. The Labute approximate surface area is 184 Å². The van der Waals surface area contributed by atoms with Crippen LogP contribution in [0.2, 0.25) is 0 Å². The van der Waals surface area contributed by atoms with E-state index >= 15 is 0 Å². The molecule has 0 N–H and O–H groups in total. The summed E-state index contributed by atoms with van der Waals surface area (Å²) in [5, 5.41) is 9.78. The van der Waals surface area contributed by atoms with Gasteiger partial charge in [0.05, 0.1) is 0 Å². The summed E-state index contributed by atoms with van der Waals surface area (Å²) < 4.78 is 2.20. The highest BCUT2D eigenvalue weighted by molar-refractivity contribution is 6.02. The van der Waals surface area contributed by atoms with Gasteiger partial charge in [0.1, 0.15) is 11.6 Å². The van der Waals surface area contributed by atoms with Crippen molar-refractivity contribution >= 4 is 12.0 Å². The molecule has 0 saturated carbocycles. The molecule has 1 amide bonds. The normalized spacial score (nSPS) is 13.6. The van der Waals surface area contributed by atoms with Crippen LogP contribution in [0.4, 0.5) is 0 Å². The monoisotopic (exact) mass is 409 g/mol. The van der Waals surface area contributed by atoms with E-state index < -0.39 is 0 Å². The van der Waals surface area contributed by atoms with Gasteiger partial charge in [0, 0.05) is 30.2 Å². The first-order valence-electron chi connectivity index (χ1n) is 10.6. The molecule has 1 aliphatic heterocycles. The Balaban J connectivity index is 1.67. The van der Waals surface area contributed by atoms with Gasteiger partial charge in [-0.05, 0) is 80.1 Å². The van der Waals surface area contributed by atoms with Crippen molar-refractivity contribution in [2.45, 2.75) is 40.7 Å². The van der Waals surface area contributed by atoms with Crippen LogP contribution in [0, 0.1) is 39.0 Å². The summed E-state index contributed by atoms with van der Waals surface area (Å²) in [6.07, 6.45) is 2.56. The van der Waals surface area contributed by atoms with E-state index in [0.717, 1.165) is 34.6 Å². The highest BCUT2D eigenvalue weighted by Crippen LogP contribution is 2.27. The Kier molecular flexibility index (Phi) is 5.52. The lowest BCUT2D eigenvalue weighted by atomic mass is 9.99. The van der Waals surface area contributed by atoms with E-state index in [1.54, 1.807) is 11.0 Å². The number of carbonyl (C=O) groups is 1. The van der Waals surface area contributed by atoms with Crippen LogP contribution >= 0.6 is 0 Å². The first-order valence-corrected chi connectivity index (χ1v) is 10.6. The second-order valence-corrected chi connectivity index (χ2v) is 8.30. The second kappa shape index (κ2) is 8.28. The summed E-state index contributed by atoms with van der Waals surface area (Å²) in [7, 11) is 0. The molecular formula is C27H27N3O. The zero-order valence-electron chi connectivity index (χ0n) is 18.6. The molecule has 0 saturated heterocycles. The van der Waals surface area contributed by atoms with Crippen molar-refractivity contribution < 1.29 is 4.79 Å². The van der Waals surface area contributed by atoms with Crippen LogP contribution < -0.4 is 0 Å². The summed E-state index contributed by atoms with van der Waals surface area (Å²) in [5.74, 6) is -0.200. The Morgan fingerprint density at radius 1 is 1.03 bits per heavy atom. The lowest BCUT2D eigenvalue weighted by Gasteiger charge is -2.28. The van der Waals surface area contributed by atoms with E-state index in [0.29, 0.717) is 13.1 Å². The van der Waals surface area contributed by atoms with Crippen LogP contribution in [-0.2, 0) is 17.8 Å². The highest BCUT2D eigenvalue weighted by Gasteiger charge is 2.24. The molecule has 156 valence electrons. The lowest BCUT2D eigenvalue weighted by Crippen LogP contribution is -2.36. The average Bonchev–Trinajstić information content (AvgIpc) is 3.06. The van der Waals surface area contributed by atoms with Gasteiger partial charge in [-0.15, -0.1) is 0 Å². The van der Waals surface area contributed by atoms with Crippen LogP contribution in [0.1, 0.15) is 39.2 Å². The van der Waals surface area contributed by atoms with Crippen molar-refractivity contribution in [1.29, 1.82) is 5.26 Å². The number of hydrogen-bond donors (Lipinski definition) is 0. The average molecular weight is 410 g/mol. The number of aromatic nitrogens is 1. The Hall–Kier alpha value is -3.58. The SMILES string of the molecule is Cc1cccc(-n2c(C)cc(C=C(C#N)C(=O)N3CCc4ccccc4C3)c2C)c1C. The molecule has 3 aromatic rings. The maximum Gasteiger partial charge on any atom is 0.264 e. The minimum atomic E-state index is -0.200. The van der Waals surface area contributed by atoms with E-state index in [1.165, 1.54) is 16.7 Å². The molecule has 0 unspecified atom stereocenters. The van der Waals surface area contributed by atoms with Gasteiger partial charge in [-0.2, -0.15) is 5.26 Å². The van der Waals surface area contributed by atoms with E-state index in [-0.39, 0.29) is 11.5 Å². The fourth-order valence-electron chi connectivity index (χ4n) is 4.42. The van der Waals surface area contributed by atoms with E-state index in [2.05, 4.69) is 61.7 Å². The predicted octanol–water partition coefficient (Wildman–Crippen LogP) is 5.20. The number of benzene rings is 2. The molecular weight excluding hydrogens is 382 g/mol. The molecule has 2 heterocycles. The van der Waals surface area contributed by atoms with Gasteiger partial charge >= 0.3 is 0 Å². The summed E-state index contributed by atoms with van der Waals surface area (Å²) in [5.41, 5.74) is 9.22. The molecule has 0 radical (unpaired) electrons. The standard InChI is InChI=1S/C27H27N3O/c1-18-8-7-11-26(20(18)3)30-19(2)14-24(21(30)4)15-25(16-28)27(31)29-13-12-22-9-5-6-10-23(22)17-29/h5-11,14-15H,12-13,17H2,1-4H3. The Bertz CT molecular complexity index is 1240. The van der Waals surface area contributed by atoms with E-state index in [4.69, 9.17) is 0 Å². The molecule has 0 fully saturated rings. The van der Waals surface area contributed by atoms with Crippen LogP contribution in [0.15, 0.2) is 54.1 Å². The van der Waals surface area contributed by atoms with Gasteiger partial charge in [-0.3, -0.25) is 4.79 Å². The summed E-state index contributed by atoms with van der Waals surface area (Å²) in [6.45, 7) is 9.51. The number of nitriles is 1. The third-order valence-electron chi connectivity index (χ3n) is 6.36. The molecule has 4 heteroatoms. The van der Waals surface area contributed by atoms with Crippen molar-refractivity contribution in [3.63, 3.8) is 0 Å². The van der Waals surface area contributed by atoms with Gasteiger partial charge in [0.15, 0.2) is 0 Å². The third kappa shape index (κ3) is 3.80. The highest BCUT2D eigenvalue weighted by atomic mass is 16.2. The van der Waals surface area contributed by atoms with E-state index in [9.17, 15) is 10.1 Å². The fourth-order valence-corrected chi connectivity index (χ4v) is 4.42. The first-order chi connectivity index (χ1) is 14.9. The Morgan fingerprint density at radius 3 is 2.52 bits per heavy atom.